The topological polar surface area (TPSA) is 56.5 Å². The number of carbonyl (C=O) groups is 1. The summed E-state index contributed by atoms with van der Waals surface area (Å²) < 4.78 is 33.2. The first-order chi connectivity index (χ1) is 12.8. The smallest absolute Gasteiger partial charge is 0.343 e. The number of methoxy groups -OCH3 is 1. The normalized spacial score (nSPS) is 14.5. The number of benzene rings is 2. The third kappa shape index (κ3) is 2.95. The fraction of sp³-hybridized carbons (Fsp3) is 0.200. The van der Waals surface area contributed by atoms with Crippen LogP contribution in [0.25, 0.3) is 11.0 Å². The van der Waals surface area contributed by atoms with E-state index in [4.69, 9.17) is 13.3 Å². The van der Waals surface area contributed by atoms with Gasteiger partial charge in [-0.15, -0.1) is 0 Å². The highest BCUT2D eigenvalue weighted by atomic mass is 16.5. The molecule has 0 aliphatic rings. The first-order valence-corrected chi connectivity index (χ1v) is 7.55. The summed E-state index contributed by atoms with van der Waals surface area (Å²) in [6.45, 7) is 1.42. The number of para-hydroxylation sites is 1. The zero-order valence-corrected chi connectivity index (χ0v) is 13.1. The lowest BCUT2D eigenvalue weighted by molar-refractivity contribution is -0.117. The Morgan fingerprint density at radius 3 is 2.58 bits per heavy atom. The van der Waals surface area contributed by atoms with Crippen molar-refractivity contribution >= 4 is 16.8 Å². The maximum absolute atomic E-state index is 12.8. The lowest BCUT2D eigenvalue weighted by Gasteiger charge is -2.19. The molecule has 1 heterocycles. The Labute approximate surface area is 143 Å². The van der Waals surface area contributed by atoms with Gasteiger partial charge in [-0.1, -0.05) is 42.5 Å². The van der Waals surface area contributed by atoms with Crippen molar-refractivity contribution in [3.05, 3.63) is 76.1 Å². The van der Waals surface area contributed by atoms with Gasteiger partial charge in [-0.05, 0) is 24.6 Å². The molecule has 1 aromatic heterocycles. The lowest BCUT2D eigenvalue weighted by Crippen LogP contribution is -2.17. The molecule has 0 fully saturated rings. The van der Waals surface area contributed by atoms with Crippen LogP contribution in [0.2, 0.25) is 0 Å². The fourth-order valence-corrected chi connectivity index (χ4v) is 2.91. The van der Waals surface area contributed by atoms with Crippen LogP contribution in [-0.2, 0) is 4.79 Å². The predicted octanol–water partition coefficient (Wildman–Crippen LogP) is 3.91. The average molecular weight is 325 g/mol. The maximum Gasteiger partial charge on any atom is 0.343 e. The molecule has 4 heteroatoms. The molecule has 2 aromatic carbocycles. The second-order valence-electron chi connectivity index (χ2n) is 5.60. The van der Waals surface area contributed by atoms with Crippen LogP contribution in [0.5, 0.6) is 5.75 Å². The predicted molar refractivity (Wildman–Crippen MR) is 92.6 cm³/mol. The van der Waals surface area contributed by atoms with Gasteiger partial charge >= 0.3 is 5.63 Å². The molecular formula is C20H18O4. The van der Waals surface area contributed by atoms with E-state index in [1.54, 1.807) is 48.5 Å². The average Bonchev–Trinajstić information content (AvgIpc) is 2.60. The van der Waals surface area contributed by atoms with Crippen LogP contribution in [0.4, 0.5) is 0 Å². The highest BCUT2D eigenvalue weighted by Gasteiger charge is 2.26. The summed E-state index contributed by atoms with van der Waals surface area (Å²) in [6.07, 6.45) is 0.0183. The van der Waals surface area contributed by atoms with Gasteiger partial charge in [0.2, 0.25) is 0 Å². The summed E-state index contributed by atoms with van der Waals surface area (Å²) in [6, 6.07) is 15.5. The monoisotopic (exact) mass is 325 g/mol. The molecule has 0 radical (unpaired) electrons. The van der Waals surface area contributed by atoms with Gasteiger partial charge in [0.15, 0.2) is 0 Å². The SMILES string of the molecule is [2H]C([2H])([2H])Oc1c(C(CC(C)=O)c2ccccc2)c(=O)oc2ccccc12. The minimum absolute atomic E-state index is 0.0183. The van der Waals surface area contributed by atoms with E-state index >= 15 is 0 Å². The minimum atomic E-state index is -2.76. The van der Waals surface area contributed by atoms with E-state index in [-0.39, 0.29) is 29.1 Å². The quantitative estimate of drug-likeness (QED) is 0.667. The largest absolute Gasteiger partial charge is 0.495 e. The number of ketones is 1. The van der Waals surface area contributed by atoms with Crippen LogP contribution in [0.1, 0.15) is 34.5 Å². The fourth-order valence-electron chi connectivity index (χ4n) is 2.91. The molecule has 1 atom stereocenters. The number of hydrogen-bond acceptors (Lipinski definition) is 4. The number of Topliss-reactive ketones (excluding diaryl/α,β-unsaturated/α-hetero) is 1. The van der Waals surface area contributed by atoms with Gasteiger partial charge < -0.3 is 9.15 Å². The van der Waals surface area contributed by atoms with E-state index < -0.39 is 18.6 Å². The van der Waals surface area contributed by atoms with Gasteiger partial charge in [-0.2, -0.15) is 0 Å². The Kier molecular flexibility index (Phi) is 3.50. The third-order valence-corrected chi connectivity index (χ3v) is 3.94. The van der Waals surface area contributed by atoms with E-state index in [1.807, 2.05) is 6.07 Å². The van der Waals surface area contributed by atoms with Crippen LogP contribution in [0.3, 0.4) is 0 Å². The second-order valence-corrected chi connectivity index (χ2v) is 5.60. The van der Waals surface area contributed by atoms with Gasteiger partial charge in [-0.3, -0.25) is 4.79 Å². The summed E-state index contributed by atoms with van der Waals surface area (Å²) in [7, 11) is -2.76. The van der Waals surface area contributed by atoms with Crippen LogP contribution in [0, 0.1) is 0 Å². The summed E-state index contributed by atoms with van der Waals surface area (Å²) >= 11 is 0. The Bertz CT molecular complexity index is 1020. The van der Waals surface area contributed by atoms with E-state index in [0.29, 0.717) is 10.9 Å². The van der Waals surface area contributed by atoms with Gasteiger partial charge in [0.25, 0.3) is 0 Å². The molecular weight excluding hydrogens is 304 g/mol. The molecule has 0 saturated carbocycles. The van der Waals surface area contributed by atoms with Crippen molar-refractivity contribution in [2.75, 3.05) is 7.04 Å². The van der Waals surface area contributed by atoms with Gasteiger partial charge in [0.1, 0.15) is 17.1 Å². The van der Waals surface area contributed by atoms with Crippen molar-refractivity contribution < 1.29 is 18.1 Å². The minimum Gasteiger partial charge on any atom is -0.495 e. The Morgan fingerprint density at radius 1 is 1.17 bits per heavy atom. The van der Waals surface area contributed by atoms with Crippen LogP contribution in [0.15, 0.2) is 63.8 Å². The zero-order chi connectivity index (χ0) is 19.6. The number of ether oxygens (including phenoxy) is 1. The summed E-state index contributed by atoms with van der Waals surface area (Å²) in [5.74, 6) is -0.893. The van der Waals surface area contributed by atoms with Crippen LogP contribution >= 0.6 is 0 Å². The number of carbonyl (C=O) groups excluding carboxylic acids is 1. The van der Waals surface area contributed by atoms with Crippen LogP contribution < -0.4 is 10.4 Å². The molecule has 4 nitrogen and oxygen atoms in total. The van der Waals surface area contributed by atoms with Crippen molar-refractivity contribution in [1.82, 2.24) is 0 Å². The first kappa shape index (κ1) is 12.5. The lowest BCUT2D eigenvalue weighted by atomic mass is 9.87. The zero-order valence-electron chi connectivity index (χ0n) is 16.1. The van der Waals surface area contributed by atoms with Crippen LogP contribution in [-0.4, -0.2) is 12.8 Å². The number of rotatable bonds is 5. The Morgan fingerprint density at radius 2 is 1.88 bits per heavy atom. The Balaban J connectivity index is 2.33. The third-order valence-electron chi connectivity index (χ3n) is 3.94. The molecule has 0 aliphatic heterocycles. The molecule has 24 heavy (non-hydrogen) atoms. The highest BCUT2D eigenvalue weighted by Crippen LogP contribution is 2.36. The summed E-state index contributed by atoms with van der Waals surface area (Å²) in [4.78, 5) is 24.7. The molecule has 0 amide bonds. The molecule has 0 saturated heterocycles. The standard InChI is InChI=1S/C20H18O4/c1-13(21)12-16(14-8-4-3-5-9-14)18-19(23-2)15-10-6-7-11-17(15)24-20(18)22/h3-11,16H,12H2,1-2H3/i2D3. The van der Waals surface area contributed by atoms with E-state index in [0.717, 1.165) is 0 Å². The van der Waals surface area contributed by atoms with E-state index in [2.05, 4.69) is 0 Å². The van der Waals surface area contributed by atoms with E-state index in [9.17, 15) is 9.59 Å². The maximum atomic E-state index is 12.8. The highest BCUT2D eigenvalue weighted by molar-refractivity contribution is 5.85. The van der Waals surface area contributed by atoms with Crippen molar-refractivity contribution in [1.29, 1.82) is 0 Å². The molecule has 3 aromatic rings. The molecule has 122 valence electrons. The molecule has 0 N–H and O–H groups in total. The van der Waals surface area contributed by atoms with Crippen molar-refractivity contribution in [2.45, 2.75) is 19.3 Å². The molecule has 0 aliphatic carbocycles. The molecule has 0 spiro atoms. The molecule has 0 bridgehead atoms. The summed E-state index contributed by atoms with van der Waals surface area (Å²) in [5.41, 5.74) is 0.236. The first-order valence-electron chi connectivity index (χ1n) is 9.05. The van der Waals surface area contributed by atoms with E-state index in [1.165, 1.54) is 6.92 Å². The molecule has 3 rings (SSSR count). The van der Waals surface area contributed by atoms with Gasteiger partial charge in [-0.25, -0.2) is 4.79 Å². The van der Waals surface area contributed by atoms with Crippen molar-refractivity contribution in [3.63, 3.8) is 0 Å². The van der Waals surface area contributed by atoms with Crippen molar-refractivity contribution in [3.8, 4) is 5.75 Å². The number of hydrogen-bond donors (Lipinski definition) is 0. The Hall–Kier alpha value is -2.88. The van der Waals surface area contributed by atoms with Gasteiger partial charge in [0, 0.05) is 12.3 Å². The number of fused-ring (bicyclic) bond motifs is 1. The second kappa shape index (κ2) is 6.71. The summed E-state index contributed by atoms with van der Waals surface area (Å²) in [5, 5.41) is 0.368. The van der Waals surface area contributed by atoms with Crippen molar-refractivity contribution in [2.24, 2.45) is 0 Å². The van der Waals surface area contributed by atoms with Gasteiger partial charge in [0.05, 0.1) is 22.1 Å². The molecule has 1 unspecified atom stereocenters.